The Morgan fingerprint density at radius 1 is 1.11 bits per heavy atom. The molecule has 1 unspecified atom stereocenters. The third-order valence-corrected chi connectivity index (χ3v) is 7.25. The fourth-order valence-electron chi connectivity index (χ4n) is 5.19. The molecule has 2 aromatic heterocycles. The van der Waals surface area contributed by atoms with Crippen LogP contribution in [0, 0.1) is 5.92 Å². The number of amides is 1. The molecule has 184 valence electrons. The normalized spacial score (nSPS) is 19.1. The lowest BCUT2D eigenvalue weighted by Gasteiger charge is -2.29. The van der Waals surface area contributed by atoms with Crippen molar-refractivity contribution in [1.82, 2.24) is 14.9 Å². The van der Waals surface area contributed by atoms with Gasteiger partial charge in [0.15, 0.2) is 5.58 Å². The van der Waals surface area contributed by atoms with Gasteiger partial charge in [0.05, 0.1) is 28.8 Å². The Kier molecular flexibility index (Phi) is 5.04. The van der Waals surface area contributed by atoms with Crippen LogP contribution in [0.15, 0.2) is 86.1 Å². The number of carbonyl (C=O) groups excluding carboxylic acids is 1. The molecule has 7 rings (SSSR count). The minimum absolute atomic E-state index is 0.0130. The SMILES string of the molecule is O=C1C2=C(C(c3cccc4[nH]c(=O)oc34)=NC2)C(c2cccc(Oc3ccc(Cl)cn3)c2)N1CC1CC1. The molecule has 0 bridgehead atoms. The van der Waals surface area contributed by atoms with Crippen molar-refractivity contribution in [3.05, 3.63) is 98.6 Å². The zero-order valence-corrected chi connectivity index (χ0v) is 20.4. The summed E-state index contributed by atoms with van der Waals surface area (Å²) in [5.41, 5.74) is 4.90. The summed E-state index contributed by atoms with van der Waals surface area (Å²) < 4.78 is 11.5. The first kappa shape index (κ1) is 22.1. The number of aliphatic imine (C=N–C) groups is 1. The first-order chi connectivity index (χ1) is 18.0. The fourth-order valence-corrected chi connectivity index (χ4v) is 5.30. The van der Waals surface area contributed by atoms with Gasteiger partial charge in [-0.2, -0.15) is 0 Å². The molecule has 2 aromatic carbocycles. The number of ether oxygens (including phenoxy) is 1. The summed E-state index contributed by atoms with van der Waals surface area (Å²) in [6.07, 6.45) is 3.79. The smallest absolute Gasteiger partial charge is 0.417 e. The summed E-state index contributed by atoms with van der Waals surface area (Å²) in [6, 6.07) is 16.3. The number of nitrogens with zero attached hydrogens (tertiary/aromatic N) is 3. The van der Waals surface area contributed by atoms with Crippen LogP contribution in [0.1, 0.15) is 30.0 Å². The van der Waals surface area contributed by atoms with E-state index in [-0.39, 0.29) is 11.9 Å². The van der Waals surface area contributed by atoms with Crippen LogP contribution < -0.4 is 10.5 Å². The summed E-state index contributed by atoms with van der Waals surface area (Å²) >= 11 is 5.96. The second-order valence-corrected chi connectivity index (χ2v) is 9.98. The molecule has 0 radical (unpaired) electrons. The van der Waals surface area contributed by atoms with E-state index in [9.17, 15) is 9.59 Å². The Morgan fingerprint density at radius 2 is 1.97 bits per heavy atom. The maximum atomic E-state index is 13.6. The van der Waals surface area contributed by atoms with Gasteiger partial charge in [0.2, 0.25) is 5.88 Å². The number of H-pyrrole nitrogens is 1. The Bertz CT molecular complexity index is 1680. The molecule has 4 aromatic rings. The number of halogens is 1. The third-order valence-electron chi connectivity index (χ3n) is 7.03. The minimum atomic E-state index is -0.523. The van der Waals surface area contributed by atoms with Crippen LogP contribution >= 0.6 is 11.6 Å². The van der Waals surface area contributed by atoms with E-state index in [0.717, 1.165) is 24.0 Å². The van der Waals surface area contributed by atoms with Crippen LogP contribution in [0.2, 0.25) is 5.02 Å². The van der Waals surface area contributed by atoms with Gasteiger partial charge in [0.1, 0.15) is 5.75 Å². The van der Waals surface area contributed by atoms with Gasteiger partial charge in [-0.15, -0.1) is 0 Å². The number of benzene rings is 2. The average Bonchev–Trinajstić information content (AvgIpc) is 3.37. The maximum absolute atomic E-state index is 13.6. The minimum Gasteiger partial charge on any atom is -0.439 e. The van der Waals surface area contributed by atoms with Gasteiger partial charge in [-0.25, -0.2) is 9.78 Å². The molecule has 1 N–H and O–H groups in total. The molecule has 1 atom stereocenters. The van der Waals surface area contributed by atoms with Crippen molar-refractivity contribution in [1.29, 1.82) is 0 Å². The maximum Gasteiger partial charge on any atom is 0.417 e. The largest absolute Gasteiger partial charge is 0.439 e. The Balaban J connectivity index is 1.31. The van der Waals surface area contributed by atoms with Crippen LogP contribution in [0.5, 0.6) is 11.6 Å². The van der Waals surface area contributed by atoms with Gasteiger partial charge in [-0.3, -0.25) is 14.8 Å². The van der Waals surface area contributed by atoms with E-state index in [1.54, 1.807) is 18.2 Å². The second kappa shape index (κ2) is 8.45. The zero-order valence-electron chi connectivity index (χ0n) is 19.6. The highest BCUT2D eigenvalue weighted by atomic mass is 35.5. The van der Waals surface area contributed by atoms with E-state index in [0.29, 0.717) is 63.6 Å². The van der Waals surface area contributed by atoms with Gasteiger partial charge in [-0.05, 0) is 54.7 Å². The Morgan fingerprint density at radius 3 is 2.78 bits per heavy atom. The number of hydrogen-bond donors (Lipinski definition) is 1. The summed E-state index contributed by atoms with van der Waals surface area (Å²) in [7, 11) is 0. The van der Waals surface area contributed by atoms with E-state index in [4.69, 9.17) is 25.7 Å². The van der Waals surface area contributed by atoms with E-state index >= 15 is 0 Å². The molecule has 1 aliphatic carbocycles. The monoisotopic (exact) mass is 512 g/mol. The molecule has 37 heavy (non-hydrogen) atoms. The summed E-state index contributed by atoms with van der Waals surface area (Å²) in [5, 5.41) is 0.530. The summed E-state index contributed by atoms with van der Waals surface area (Å²) in [4.78, 5) is 39.3. The summed E-state index contributed by atoms with van der Waals surface area (Å²) in [6.45, 7) is 0.994. The second-order valence-electron chi connectivity index (χ2n) is 9.55. The van der Waals surface area contributed by atoms with Crippen molar-refractivity contribution >= 4 is 34.3 Å². The van der Waals surface area contributed by atoms with E-state index in [1.807, 2.05) is 41.3 Å². The number of para-hydroxylation sites is 1. The van der Waals surface area contributed by atoms with Crippen molar-refractivity contribution in [2.24, 2.45) is 10.9 Å². The third kappa shape index (κ3) is 3.84. The van der Waals surface area contributed by atoms with Crippen LogP contribution in [0.25, 0.3) is 11.1 Å². The molecule has 2 aliphatic heterocycles. The molecule has 9 heteroatoms. The number of aromatic amines is 1. The number of nitrogens with one attached hydrogen (secondary N) is 1. The number of oxazole rings is 1. The highest BCUT2D eigenvalue weighted by Crippen LogP contribution is 2.46. The molecule has 0 spiro atoms. The van der Waals surface area contributed by atoms with Crippen LogP contribution in [0.3, 0.4) is 0 Å². The van der Waals surface area contributed by atoms with Crippen molar-refractivity contribution in [3.63, 3.8) is 0 Å². The lowest BCUT2D eigenvalue weighted by Crippen LogP contribution is -2.34. The number of fused-ring (bicyclic) bond motifs is 1. The molecule has 0 saturated heterocycles. The number of hydrogen-bond acceptors (Lipinski definition) is 6. The number of rotatable bonds is 6. The molecule has 1 fully saturated rings. The molecule has 1 amide bonds. The van der Waals surface area contributed by atoms with Gasteiger partial charge in [0.25, 0.3) is 5.91 Å². The van der Waals surface area contributed by atoms with E-state index in [1.165, 1.54) is 6.20 Å². The van der Waals surface area contributed by atoms with Gasteiger partial charge < -0.3 is 14.1 Å². The Hall–Kier alpha value is -4.17. The molecule has 3 aliphatic rings. The number of pyridine rings is 1. The van der Waals surface area contributed by atoms with Crippen LogP contribution in [0.4, 0.5) is 0 Å². The van der Waals surface area contributed by atoms with Crippen molar-refractivity contribution < 1.29 is 13.9 Å². The first-order valence-electron chi connectivity index (χ1n) is 12.2. The number of carbonyl (C=O) groups is 1. The van der Waals surface area contributed by atoms with Crippen molar-refractivity contribution in [3.8, 4) is 11.6 Å². The molecular weight excluding hydrogens is 492 g/mol. The van der Waals surface area contributed by atoms with Crippen molar-refractivity contribution in [2.45, 2.75) is 18.9 Å². The number of aromatic nitrogens is 2. The topological polar surface area (TPSA) is 101 Å². The highest BCUT2D eigenvalue weighted by molar-refractivity contribution is 6.30. The molecule has 1 saturated carbocycles. The molecule has 4 heterocycles. The first-order valence-corrected chi connectivity index (χ1v) is 12.5. The van der Waals surface area contributed by atoms with Crippen molar-refractivity contribution in [2.75, 3.05) is 13.1 Å². The lowest BCUT2D eigenvalue weighted by atomic mass is 9.91. The van der Waals surface area contributed by atoms with E-state index in [2.05, 4.69) is 9.97 Å². The Labute approximate surface area is 216 Å². The lowest BCUT2D eigenvalue weighted by molar-refractivity contribution is -0.127. The predicted octanol–water partition coefficient (Wildman–Crippen LogP) is 5.05. The summed E-state index contributed by atoms with van der Waals surface area (Å²) in [5.74, 6) is 1.03. The van der Waals surface area contributed by atoms with Crippen LogP contribution in [-0.2, 0) is 4.79 Å². The van der Waals surface area contributed by atoms with E-state index < -0.39 is 5.76 Å². The van der Waals surface area contributed by atoms with Gasteiger partial charge in [-0.1, -0.05) is 29.8 Å². The van der Waals surface area contributed by atoms with Crippen LogP contribution in [-0.4, -0.2) is 39.6 Å². The zero-order chi connectivity index (χ0) is 25.1. The average molecular weight is 513 g/mol. The fraction of sp³-hybridized carbons (Fsp3) is 0.214. The van der Waals surface area contributed by atoms with Gasteiger partial charge >= 0.3 is 5.76 Å². The van der Waals surface area contributed by atoms with Gasteiger partial charge in [0, 0.05) is 35.5 Å². The molecule has 8 nitrogen and oxygen atoms in total. The highest BCUT2D eigenvalue weighted by Gasteiger charge is 2.46. The standard InChI is InChI=1S/C28H21ClN4O4/c29-17-9-10-22(30-12-17)36-18-4-1-3-16(11-18)25-23-20(27(34)33(25)14-15-7-8-15)13-31-24(23)19-5-2-6-21-26(19)37-28(35)32-21/h1-6,9-12,15,25H,7-8,13-14H2,(H,32,35). The predicted molar refractivity (Wildman–Crippen MR) is 138 cm³/mol. The molecular formula is C28H21ClN4O4. The quantitative estimate of drug-likeness (QED) is 0.389.